The van der Waals surface area contributed by atoms with Crippen LogP contribution in [0.3, 0.4) is 0 Å². The molecular formula is C27H22N2O4S2. The van der Waals surface area contributed by atoms with Gasteiger partial charge in [-0.1, -0.05) is 0 Å². The molecule has 0 aliphatic carbocycles. The number of hydrogen-bond donors (Lipinski definition) is 0. The molecule has 2 aromatic carbocycles. The Bertz CT molecular complexity index is 1140. The van der Waals surface area contributed by atoms with Gasteiger partial charge in [-0.3, -0.25) is 9.97 Å². The lowest BCUT2D eigenvalue weighted by molar-refractivity contribution is 0.0724. The zero-order valence-corrected chi connectivity index (χ0v) is 20.3. The minimum atomic E-state index is -0.421. The number of benzene rings is 2. The van der Waals surface area contributed by atoms with Gasteiger partial charge in [0.25, 0.3) is 0 Å². The summed E-state index contributed by atoms with van der Waals surface area (Å²) in [4.78, 5) is 34.3. The van der Waals surface area contributed by atoms with Crippen molar-refractivity contribution in [3.8, 4) is 11.5 Å². The molecule has 0 unspecified atom stereocenters. The number of thioether (sulfide) groups is 2. The molecule has 4 aromatic rings. The third kappa shape index (κ3) is 7.70. The van der Waals surface area contributed by atoms with Crippen molar-refractivity contribution in [3.63, 3.8) is 0 Å². The van der Waals surface area contributed by atoms with Crippen molar-refractivity contribution in [3.05, 3.63) is 109 Å². The van der Waals surface area contributed by atoms with Gasteiger partial charge in [0.2, 0.25) is 0 Å². The lowest BCUT2D eigenvalue weighted by atomic mass is 10.3. The molecule has 0 amide bonds. The van der Waals surface area contributed by atoms with E-state index in [4.69, 9.17) is 9.47 Å². The number of hydrogen-bond acceptors (Lipinski definition) is 8. The first kappa shape index (κ1) is 24.5. The Labute approximate surface area is 212 Å². The molecule has 0 radical (unpaired) electrons. The predicted molar refractivity (Wildman–Crippen MR) is 137 cm³/mol. The molecule has 35 heavy (non-hydrogen) atoms. The molecule has 2 aromatic heterocycles. The third-order valence-corrected chi connectivity index (χ3v) is 6.89. The van der Waals surface area contributed by atoms with Crippen molar-refractivity contribution in [2.45, 2.75) is 16.2 Å². The molecule has 0 aliphatic rings. The van der Waals surface area contributed by atoms with E-state index < -0.39 is 11.9 Å². The first-order chi connectivity index (χ1) is 17.2. The Kier molecular flexibility index (Phi) is 8.91. The first-order valence-corrected chi connectivity index (χ1v) is 12.8. The molecule has 0 aliphatic heterocycles. The van der Waals surface area contributed by atoms with Crippen LogP contribution in [-0.2, 0) is 0 Å². The van der Waals surface area contributed by atoms with Gasteiger partial charge in [0.05, 0.1) is 11.1 Å². The van der Waals surface area contributed by atoms with Crippen LogP contribution in [0.25, 0.3) is 0 Å². The number of rotatable bonds is 10. The lowest BCUT2D eigenvalue weighted by Crippen LogP contribution is -2.08. The van der Waals surface area contributed by atoms with Crippen molar-refractivity contribution < 1.29 is 19.1 Å². The van der Waals surface area contributed by atoms with Crippen LogP contribution >= 0.6 is 23.5 Å². The van der Waals surface area contributed by atoms with Gasteiger partial charge in [-0.2, -0.15) is 0 Å². The Morgan fingerprint density at radius 3 is 1.43 bits per heavy atom. The van der Waals surface area contributed by atoms with E-state index in [9.17, 15) is 9.59 Å². The van der Waals surface area contributed by atoms with Crippen LogP contribution in [0, 0.1) is 0 Å². The minimum Gasteiger partial charge on any atom is -0.423 e. The van der Waals surface area contributed by atoms with E-state index >= 15 is 0 Å². The van der Waals surface area contributed by atoms with Gasteiger partial charge in [0, 0.05) is 34.6 Å². The van der Waals surface area contributed by atoms with Gasteiger partial charge in [0.15, 0.2) is 0 Å². The topological polar surface area (TPSA) is 78.4 Å². The molecule has 0 saturated heterocycles. The van der Waals surface area contributed by atoms with E-state index in [0.29, 0.717) is 22.6 Å². The standard InChI is InChI=1S/C27H22N2O4S2/c30-26(20-4-1-14-28-18-20)32-22-6-10-24(11-7-22)34-16-3-17-35-25-12-8-23(9-13-25)33-27(31)21-5-2-15-29-19-21/h1-2,4-15,18-19H,3,16-17H2. The maximum Gasteiger partial charge on any atom is 0.345 e. The molecule has 0 fully saturated rings. The van der Waals surface area contributed by atoms with E-state index in [0.717, 1.165) is 27.7 Å². The van der Waals surface area contributed by atoms with Crippen LogP contribution in [0.15, 0.2) is 107 Å². The van der Waals surface area contributed by atoms with Crippen LogP contribution in [0.4, 0.5) is 0 Å². The fourth-order valence-electron chi connectivity index (χ4n) is 2.95. The summed E-state index contributed by atoms with van der Waals surface area (Å²) in [7, 11) is 0. The molecule has 0 bridgehead atoms. The van der Waals surface area contributed by atoms with Crippen LogP contribution in [0.2, 0.25) is 0 Å². The molecule has 6 nitrogen and oxygen atoms in total. The Balaban J connectivity index is 1.14. The smallest absolute Gasteiger partial charge is 0.345 e. The summed E-state index contributed by atoms with van der Waals surface area (Å²) in [6.45, 7) is 0. The normalized spacial score (nSPS) is 10.5. The summed E-state index contributed by atoms with van der Waals surface area (Å²) in [6, 6.07) is 21.8. The average molecular weight is 503 g/mol. The number of aromatic nitrogens is 2. The van der Waals surface area contributed by atoms with Gasteiger partial charge >= 0.3 is 11.9 Å². The molecule has 2 heterocycles. The van der Waals surface area contributed by atoms with E-state index in [1.54, 1.807) is 84.4 Å². The van der Waals surface area contributed by atoms with E-state index in [1.807, 2.05) is 24.3 Å². The Morgan fingerprint density at radius 1 is 0.629 bits per heavy atom. The summed E-state index contributed by atoms with van der Waals surface area (Å²) >= 11 is 3.52. The van der Waals surface area contributed by atoms with E-state index in [-0.39, 0.29) is 0 Å². The van der Waals surface area contributed by atoms with Crippen LogP contribution < -0.4 is 9.47 Å². The largest absolute Gasteiger partial charge is 0.423 e. The van der Waals surface area contributed by atoms with Gasteiger partial charge in [-0.05, 0) is 90.7 Å². The fourth-order valence-corrected chi connectivity index (χ4v) is 4.83. The molecule has 0 spiro atoms. The van der Waals surface area contributed by atoms with Gasteiger partial charge in [-0.15, -0.1) is 23.5 Å². The van der Waals surface area contributed by atoms with Crippen molar-refractivity contribution in [1.82, 2.24) is 9.97 Å². The average Bonchev–Trinajstić information content (AvgIpc) is 2.91. The van der Waals surface area contributed by atoms with Crippen molar-refractivity contribution in [1.29, 1.82) is 0 Å². The quantitative estimate of drug-likeness (QED) is 0.110. The summed E-state index contributed by atoms with van der Waals surface area (Å²) < 4.78 is 10.8. The van der Waals surface area contributed by atoms with Crippen molar-refractivity contribution >= 4 is 35.5 Å². The number of nitrogens with zero attached hydrogens (tertiary/aromatic N) is 2. The van der Waals surface area contributed by atoms with Crippen molar-refractivity contribution in [2.75, 3.05) is 11.5 Å². The highest BCUT2D eigenvalue weighted by molar-refractivity contribution is 8.00. The molecule has 0 saturated carbocycles. The highest BCUT2D eigenvalue weighted by atomic mass is 32.2. The highest BCUT2D eigenvalue weighted by Crippen LogP contribution is 2.26. The number of esters is 2. The second-order valence-electron chi connectivity index (χ2n) is 7.26. The number of carbonyl (C=O) groups is 2. The predicted octanol–water partition coefficient (Wildman–Crippen LogP) is 6.19. The van der Waals surface area contributed by atoms with Gasteiger partial charge in [0.1, 0.15) is 11.5 Å². The Morgan fingerprint density at radius 2 is 1.06 bits per heavy atom. The lowest BCUT2D eigenvalue weighted by Gasteiger charge is -2.07. The number of ether oxygens (including phenoxy) is 2. The SMILES string of the molecule is O=C(Oc1ccc(SCCCSc2ccc(OC(=O)c3cccnc3)cc2)cc1)c1cccnc1. The molecule has 4 rings (SSSR count). The first-order valence-electron chi connectivity index (χ1n) is 10.9. The van der Waals surface area contributed by atoms with Gasteiger partial charge in [-0.25, -0.2) is 9.59 Å². The maximum absolute atomic E-state index is 12.1. The van der Waals surface area contributed by atoms with Crippen LogP contribution in [-0.4, -0.2) is 33.4 Å². The number of pyridine rings is 2. The second kappa shape index (κ2) is 12.7. The molecule has 0 N–H and O–H groups in total. The summed E-state index contributed by atoms with van der Waals surface area (Å²) in [5, 5.41) is 0. The third-order valence-electron chi connectivity index (χ3n) is 4.69. The zero-order chi connectivity index (χ0) is 24.3. The van der Waals surface area contributed by atoms with E-state index in [2.05, 4.69) is 9.97 Å². The highest BCUT2D eigenvalue weighted by Gasteiger charge is 2.09. The summed E-state index contributed by atoms with van der Waals surface area (Å²) in [5.41, 5.74) is 0.840. The van der Waals surface area contributed by atoms with Gasteiger partial charge < -0.3 is 9.47 Å². The molecule has 0 atom stereocenters. The summed E-state index contributed by atoms with van der Waals surface area (Å²) in [5.74, 6) is 2.12. The van der Waals surface area contributed by atoms with Crippen LogP contribution in [0.5, 0.6) is 11.5 Å². The fraction of sp³-hybridized carbons (Fsp3) is 0.111. The molecule has 176 valence electrons. The van der Waals surface area contributed by atoms with E-state index in [1.165, 1.54) is 12.4 Å². The van der Waals surface area contributed by atoms with Crippen molar-refractivity contribution in [2.24, 2.45) is 0 Å². The molecule has 8 heteroatoms. The Hall–Kier alpha value is -3.62. The number of carbonyl (C=O) groups excluding carboxylic acids is 2. The maximum atomic E-state index is 12.1. The zero-order valence-electron chi connectivity index (χ0n) is 18.7. The molecular weight excluding hydrogens is 480 g/mol. The summed E-state index contributed by atoms with van der Waals surface area (Å²) in [6.07, 6.45) is 7.23. The monoisotopic (exact) mass is 502 g/mol. The van der Waals surface area contributed by atoms with Crippen LogP contribution in [0.1, 0.15) is 27.1 Å². The second-order valence-corrected chi connectivity index (χ2v) is 9.59. The minimum absolute atomic E-state index is 0.420.